The van der Waals surface area contributed by atoms with Crippen LogP contribution in [0.5, 0.6) is 0 Å². The summed E-state index contributed by atoms with van der Waals surface area (Å²) >= 11 is 0. The van der Waals surface area contributed by atoms with Crippen molar-refractivity contribution >= 4 is 22.8 Å². The van der Waals surface area contributed by atoms with Gasteiger partial charge in [-0.15, -0.1) is 0 Å². The molecule has 2 amide bonds. The zero-order valence-electron chi connectivity index (χ0n) is 12.8. The highest BCUT2D eigenvalue weighted by molar-refractivity contribution is 5.91. The van der Waals surface area contributed by atoms with E-state index in [1.807, 2.05) is 20.8 Å². The molecule has 0 aliphatic carbocycles. The summed E-state index contributed by atoms with van der Waals surface area (Å²) in [6, 6.07) is 5.06. The van der Waals surface area contributed by atoms with Gasteiger partial charge in [0.05, 0.1) is 6.61 Å². The van der Waals surface area contributed by atoms with Gasteiger partial charge in [-0.05, 0) is 18.2 Å². The van der Waals surface area contributed by atoms with Gasteiger partial charge in [0.2, 0.25) is 5.89 Å². The highest BCUT2D eigenvalue weighted by Gasteiger charge is 2.21. The number of rotatable bonds is 3. The summed E-state index contributed by atoms with van der Waals surface area (Å²) in [4.78, 5) is 17.7. The van der Waals surface area contributed by atoms with Crippen LogP contribution in [0.4, 0.5) is 10.5 Å². The lowest BCUT2D eigenvalue weighted by Gasteiger charge is -2.16. The van der Waals surface area contributed by atoms with Crippen molar-refractivity contribution < 1.29 is 14.3 Å². The van der Waals surface area contributed by atoms with Crippen LogP contribution in [0.2, 0.25) is 0 Å². The number of urea groups is 1. The molecule has 1 heterocycles. The Labute approximate surface area is 123 Å². The summed E-state index contributed by atoms with van der Waals surface area (Å²) in [5, 5.41) is 11.6. The fourth-order valence-electron chi connectivity index (χ4n) is 1.80. The molecular weight excluding hydrogens is 270 g/mol. The Hall–Kier alpha value is -2.08. The predicted octanol–water partition coefficient (Wildman–Crippen LogP) is 2.58. The van der Waals surface area contributed by atoms with Crippen LogP contribution >= 0.6 is 0 Å². The van der Waals surface area contributed by atoms with Crippen LogP contribution in [0.15, 0.2) is 22.6 Å². The van der Waals surface area contributed by atoms with Gasteiger partial charge < -0.3 is 19.7 Å². The lowest BCUT2D eigenvalue weighted by molar-refractivity contribution is 0.202. The average Bonchev–Trinajstić information content (AvgIpc) is 2.82. The monoisotopic (exact) mass is 291 g/mol. The molecule has 0 saturated heterocycles. The van der Waals surface area contributed by atoms with Crippen molar-refractivity contribution in [3.8, 4) is 0 Å². The second-order valence-electron chi connectivity index (χ2n) is 6.03. The molecule has 2 N–H and O–H groups in total. The molecule has 0 unspecified atom stereocenters. The number of nitrogens with one attached hydrogen (secondary N) is 1. The summed E-state index contributed by atoms with van der Waals surface area (Å²) < 4.78 is 5.71. The number of anilines is 1. The van der Waals surface area contributed by atoms with Crippen molar-refractivity contribution in [2.24, 2.45) is 0 Å². The van der Waals surface area contributed by atoms with Crippen molar-refractivity contribution in [2.75, 3.05) is 25.5 Å². The van der Waals surface area contributed by atoms with Crippen molar-refractivity contribution in [1.29, 1.82) is 0 Å². The molecule has 1 aromatic carbocycles. The van der Waals surface area contributed by atoms with Crippen molar-refractivity contribution in [3.05, 3.63) is 24.1 Å². The van der Waals surface area contributed by atoms with E-state index in [2.05, 4.69) is 10.3 Å². The number of benzene rings is 1. The third-order valence-corrected chi connectivity index (χ3v) is 3.06. The summed E-state index contributed by atoms with van der Waals surface area (Å²) in [5.74, 6) is 0.665. The molecule has 0 spiro atoms. The molecule has 0 aliphatic heterocycles. The number of aliphatic hydroxyl groups excluding tert-OH is 1. The highest BCUT2D eigenvalue weighted by Crippen LogP contribution is 2.27. The predicted molar refractivity (Wildman–Crippen MR) is 81.4 cm³/mol. The Balaban J connectivity index is 2.21. The minimum absolute atomic E-state index is 0.0683. The maximum Gasteiger partial charge on any atom is 0.321 e. The Kier molecular flexibility index (Phi) is 4.18. The van der Waals surface area contributed by atoms with E-state index < -0.39 is 0 Å². The van der Waals surface area contributed by atoms with Crippen LogP contribution in [0.25, 0.3) is 11.1 Å². The number of amides is 2. The fourth-order valence-corrected chi connectivity index (χ4v) is 1.80. The van der Waals surface area contributed by atoms with E-state index in [1.165, 1.54) is 4.90 Å². The second-order valence-corrected chi connectivity index (χ2v) is 6.03. The third kappa shape index (κ3) is 3.52. The molecule has 6 nitrogen and oxygen atoms in total. The minimum Gasteiger partial charge on any atom is -0.440 e. The number of aromatic nitrogens is 1. The molecule has 21 heavy (non-hydrogen) atoms. The van der Waals surface area contributed by atoms with E-state index in [1.54, 1.807) is 25.2 Å². The van der Waals surface area contributed by atoms with E-state index in [0.29, 0.717) is 22.7 Å². The fraction of sp³-hybridized carbons (Fsp3) is 0.467. The minimum atomic E-state index is -0.275. The van der Waals surface area contributed by atoms with Crippen molar-refractivity contribution in [1.82, 2.24) is 9.88 Å². The van der Waals surface area contributed by atoms with Gasteiger partial charge in [0.15, 0.2) is 5.58 Å². The maximum atomic E-state index is 11.9. The van der Waals surface area contributed by atoms with Gasteiger partial charge in [-0.1, -0.05) is 20.8 Å². The molecule has 1 aromatic heterocycles. The number of carbonyl (C=O) groups excluding carboxylic acids is 1. The van der Waals surface area contributed by atoms with E-state index in [-0.39, 0.29) is 24.6 Å². The van der Waals surface area contributed by atoms with Crippen LogP contribution in [-0.4, -0.2) is 41.2 Å². The van der Waals surface area contributed by atoms with Gasteiger partial charge >= 0.3 is 6.03 Å². The van der Waals surface area contributed by atoms with E-state index in [0.717, 1.165) is 0 Å². The van der Waals surface area contributed by atoms with Gasteiger partial charge in [0.25, 0.3) is 0 Å². The standard InChI is InChI=1S/C15H21N3O3/c1-15(2,3)13-17-11-9-10(5-6-12(11)21-13)16-14(20)18(4)7-8-19/h5-6,9,19H,7-8H2,1-4H3,(H,16,20). The molecule has 0 atom stereocenters. The normalized spacial score (nSPS) is 11.7. The lowest BCUT2D eigenvalue weighted by Crippen LogP contribution is -2.33. The Morgan fingerprint density at radius 3 is 2.76 bits per heavy atom. The molecule has 0 fully saturated rings. The zero-order valence-corrected chi connectivity index (χ0v) is 12.8. The average molecular weight is 291 g/mol. The largest absolute Gasteiger partial charge is 0.440 e. The van der Waals surface area contributed by atoms with Crippen molar-refractivity contribution in [3.63, 3.8) is 0 Å². The molecule has 114 valence electrons. The number of hydrogen-bond donors (Lipinski definition) is 2. The molecule has 6 heteroatoms. The highest BCUT2D eigenvalue weighted by atomic mass is 16.3. The van der Waals surface area contributed by atoms with Crippen LogP contribution in [0, 0.1) is 0 Å². The summed E-state index contributed by atoms with van der Waals surface area (Å²) in [5.41, 5.74) is 1.89. The summed E-state index contributed by atoms with van der Waals surface area (Å²) in [7, 11) is 1.62. The number of likely N-dealkylation sites (N-methyl/N-ethyl adjacent to an activating group) is 1. The van der Waals surface area contributed by atoms with Gasteiger partial charge in [0, 0.05) is 24.7 Å². The number of fused-ring (bicyclic) bond motifs is 1. The second kappa shape index (κ2) is 5.73. The first kappa shape index (κ1) is 15.3. The van der Waals surface area contributed by atoms with Gasteiger partial charge in [-0.25, -0.2) is 9.78 Å². The van der Waals surface area contributed by atoms with E-state index in [4.69, 9.17) is 9.52 Å². The zero-order chi connectivity index (χ0) is 15.6. The molecule has 0 aliphatic rings. The summed E-state index contributed by atoms with van der Waals surface area (Å²) in [6.45, 7) is 6.31. The number of aliphatic hydroxyl groups is 1. The van der Waals surface area contributed by atoms with Crippen LogP contribution in [-0.2, 0) is 5.41 Å². The molecule has 0 radical (unpaired) electrons. The van der Waals surface area contributed by atoms with E-state index >= 15 is 0 Å². The molecule has 2 rings (SSSR count). The van der Waals surface area contributed by atoms with Gasteiger partial charge in [-0.2, -0.15) is 0 Å². The van der Waals surface area contributed by atoms with Gasteiger partial charge in [-0.3, -0.25) is 0 Å². The number of nitrogens with zero attached hydrogens (tertiary/aromatic N) is 2. The Morgan fingerprint density at radius 2 is 2.14 bits per heavy atom. The molecular formula is C15H21N3O3. The SMILES string of the molecule is CN(CCO)C(=O)Nc1ccc2oc(C(C)(C)C)nc2c1. The first-order chi connectivity index (χ1) is 9.81. The lowest BCUT2D eigenvalue weighted by atomic mass is 9.97. The first-order valence-corrected chi connectivity index (χ1v) is 6.85. The van der Waals surface area contributed by atoms with E-state index in [9.17, 15) is 4.79 Å². The van der Waals surface area contributed by atoms with Crippen LogP contribution < -0.4 is 5.32 Å². The first-order valence-electron chi connectivity index (χ1n) is 6.85. The summed E-state index contributed by atoms with van der Waals surface area (Å²) in [6.07, 6.45) is 0. The molecule has 0 bridgehead atoms. The number of carbonyl (C=O) groups is 1. The Bertz CT molecular complexity index is 643. The number of oxazole rings is 1. The third-order valence-electron chi connectivity index (χ3n) is 3.06. The van der Waals surface area contributed by atoms with Crippen molar-refractivity contribution in [2.45, 2.75) is 26.2 Å². The molecule has 0 saturated carbocycles. The quantitative estimate of drug-likeness (QED) is 0.911. The number of hydrogen-bond acceptors (Lipinski definition) is 4. The maximum absolute atomic E-state index is 11.9. The van der Waals surface area contributed by atoms with Crippen LogP contribution in [0.1, 0.15) is 26.7 Å². The Morgan fingerprint density at radius 1 is 1.43 bits per heavy atom. The molecule has 2 aromatic rings. The smallest absolute Gasteiger partial charge is 0.321 e. The van der Waals surface area contributed by atoms with Gasteiger partial charge in [0.1, 0.15) is 5.52 Å². The van der Waals surface area contributed by atoms with Crippen LogP contribution in [0.3, 0.4) is 0 Å². The topological polar surface area (TPSA) is 78.6 Å².